The Hall–Kier alpha value is -2.42. The highest BCUT2D eigenvalue weighted by atomic mass is 16.5. The zero-order chi connectivity index (χ0) is 22.6. The topological polar surface area (TPSA) is 108 Å². The minimum atomic E-state index is -1.02. The average Bonchev–Trinajstić information content (AvgIpc) is 2.78. The van der Waals surface area contributed by atoms with E-state index in [2.05, 4.69) is 5.32 Å². The highest BCUT2D eigenvalue weighted by Crippen LogP contribution is 2.28. The number of benzene rings is 1. The first-order chi connectivity index (χ1) is 15.0. The number of ether oxygens (including phenoxy) is 2. The zero-order valence-electron chi connectivity index (χ0n) is 18.3. The second-order valence-electron chi connectivity index (χ2n) is 7.51. The standard InChI is InChI=1S/C23H34N2O6/c1-3-4-10-21(27)25(12-14-30-2)19-15-17(23(29)24-11-13-26)16-20(22(19)28)31-18-8-6-5-7-9-18/h5-9,16,19-20,22,26,28H,3-4,10-15H2,1-2H3,(H,24,29)/t19-,20+,22+/m1/s1. The van der Waals surface area contributed by atoms with E-state index in [0.717, 1.165) is 12.8 Å². The molecular weight excluding hydrogens is 400 g/mol. The normalized spacial score (nSPS) is 20.6. The number of nitrogens with one attached hydrogen (secondary N) is 1. The number of rotatable bonds is 12. The molecule has 1 aromatic rings. The Morgan fingerprint density at radius 1 is 1.26 bits per heavy atom. The Balaban J connectivity index is 2.31. The lowest BCUT2D eigenvalue weighted by Crippen LogP contribution is -2.55. The van der Waals surface area contributed by atoms with Gasteiger partial charge in [-0.15, -0.1) is 0 Å². The third-order valence-corrected chi connectivity index (χ3v) is 5.23. The van der Waals surface area contributed by atoms with Crippen LogP contribution in [0.25, 0.3) is 0 Å². The summed E-state index contributed by atoms with van der Waals surface area (Å²) >= 11 is 0. The molecule has 3 atom stereocenters. The van der Waals surface area contributed by atoms with Crippen LogP contribution in [-0.2, 0) is 14.3 Å². The van der Waals surface area contributed by atoms with Crippen molar-refractivity contribution < 1.29 is 29.3 Å². The molecule has 1 aromatic carbocycles. The maximum Gasteiger partial charge on any atom is 0.247 e. The Morgan fingerprint density at radius 3 is 2.65 bits per heavy atom. The maximum absolute atomic E-state index is 12.9. The summed E-state index contributed by atoms with van der Waals surface area (Å²) in [6.45, 7) is 2.59. The molecular formula is C23H34N2O6. The van der Waals surface area contributed by atoms with Crippen LogP contribution >= 0.6 is 0 Å². The van der Waals surface area contributed by atoms with Crippen molar-refractivity contribution in [1.82, 2.24) is 10.2 Å². The number of amides is 2. The van der Waals surface area contributed by atoms with Gasteiger partial charge in [-0.1, -0.05) is 31.5 Å². The molecule has 0 saturated carbocycles. The summed E-state index contributed by atoms with van der Waals surface area (Å²) in [4.78, 5) is 27.2. The molecule has 2 amide bonds. The molecule has 0 heterocycles. The van der Waals surface area contributed by atoms with Crippen LogP contribution < -0.4 is 10.1 Å². The van der Waals surface area contributed by atoms with Crippen molar-refractivity contribution in [2.75, 3.05) is 33.4 Å². The first-order valence-electron chi connectivity index (χ1n) is 10.8. The predicted molar refractivity (Wildman–Crippen MR) is 117 cm³/mol. The molecule has 0 radical (unpaired) electrons. The molecule has 3 N–H and O–H groups in total. The quantitative estimate of drug-likeness (QED) is 0.457. The van der Waals surface area contributed by atoms with Crippen molar-refractivity contribution in [3.63, 3.8) is 0 Å². The Labute approximate surface area is 183 Å². The fourth-order valence-corrected chi connectivity index (χ4v) is 3.57. The number of hydrogen-bond donors (Lipinski definition) is 3. The molecule has 172 valence electrons. The maximum atomic E-state index is 12.9. The van der Waals surface area contributed by atoms with Crippen molar-refractivity contribution in [2.45, 2.75) is 50.9 Å². The minimum Gasteiger partial charge on any atom is -0.484 e. The Morgan fingerprint density at radius 2 is 2.00 bits per heavy atom. The summed E-state index contributed by atoms with van der Waals surface area (Å²) in [5.41, 5.74) is 0.412. The van der Waals surface area contributed by atoms with E-state index in [1.165, 1.54) is 0 Å². The summed E-state index contributed by atoms with van der Waals surface area (Å²) in [6.07, 6.45) is 1.96. The molecule has 1 aliphatic carbocycles. The monoisotopic (exact) mass is 434 g/mol. The van der Waals surface area contributed by atoms with Gasteiger partial charge in [0.15, 0.2) is 0 Å². The number of carbonyl (C=O) groups excluding carboxylic acids is 2. The number of aliphatic hydroxyl groups excluding tert-OH is 2. The average molecular weight is 435 g/mol. The lowest BCUT2D eigenvalue weighted by atomic mass is 9.88. The summed E-state index contributed by atoms with van der Waals surface area (Å²) in [6, 6.07) is 8.40. The fourth-order valence-electron chi connectivity index (χ4n) is 3.57. The van der Waals surface area contributed by atoms with Crippen molar-refractivity contribution in [1.29, 1.82) is 0 Å². The van der Waals surface area contributed by atoms with E-state index in [4.69, 9.17) is 14.6 Å². The van der Waals surface area contributed by atoms with Crippen molar-refractivity contribution >= 4 is 11.8 Å². The molecule has 0 aliphatic heterocycles. The minimum absolute atomic E-state index is 0.0848. The highest BCUT2D eigenvalue weighted by Gasteiger charge is 2.40. The lowest BCUT2D eigenvalue weighted by molar-refractivity contribution is -0.139. The van der Waals surface area contributed by atoms with Gasteiger partial charge in [0.05, 0.1) is 19.3 Å². The van der Waals surface area contributed by atoms with E-state index in [1.807, 2.05) is 25.1 Å². The molecule has 31 heavy (non-hydrogen) atoms. The molecule has 0 bridgehead atoms. The summed E-state index contributed by atoms with van der Waals surface area (Å²) in [7, 11) is 1.56. The second kappa shape index (κ2) is 13.1. The third kappa shape index (κ3) is 7.34. The number of nitrogens with zero attached hydrogens (tertiary/aromatic N) is 1. The SMILES string of the molecule is CCCCC(=O)N(CCOC)[C@@H]1CC(C(=O)NCCO)=C[C@H](Oc2ccccc2)[C@H]1O. The van der Waals surface area contributed by atoms with Gasteiger partial charge in [0.1, 0.15) is 18.0 Å². The van der Waals surface area contributed by atoms with Crippen LogP contribution in [0.2, 0.25) is 0 Å². The zero-order valence-corrected chi connectivity index (χ0v) is 18.3. The van der Waals surface area contributed by atoms with Crippen LogP contribution in [0.4, 0.5) is 0 Å². The highest BCUT2D eigenvalue weighted by molar-refractivity contribution is 5.94. The van der Waals surface area contributed by atoms with Gasteiger partial charge >= 0.3 is 0 Å². The number of aliphatic hydroxyl groups is 2. The largest absolute Gasteiger partial charge is 0.484 e. The van der Waals surface area contributed by atoms with Crippen molar-refractivity contribution in [3.05, 3.63) is 42.0 Å². The van der Waals surface area contributed by atoms with Gasteiger partial charge in [-0.3, -0.25) is 9.59 Å². The van der Waals surface area contributed by atoms with Crippen LogP contribution in [-0.4, -0.2) is 78.6 Å². The van der Waals surface area contributed by atoms with E-state index >= 15 is 0 Å². The molecule has 8 heteroatoms. The van der Waals surface area contributed by atoms with Gasteiger partial charge < -0.3 is 29.9 Å². The van der Waals surface area contributed by atoms with Crippen molar-refractivity contribution in [2.24, 2.45) is 0 Å². The van der Waals surface area contributed by atoms with Gasteiger partial charge in [0.25, 0.3) is 0 Å². The van der Waals surface area contributed by atoms with Crippen LogP contribution in [0.3, 0.4) is 0 Å². The van der Waals surface area contributed by atoms with E-state index in [9.17, 15) is 14.7 Å². The van der Waals surface area contributed by atoms with E-state index in [-0.39, 0.29) is 31.4 Å². The van der Waals surface area contributed by atoms with Crippen molar-refractivity contribution in [3.8, 4) is 5.75 Å². The molecule has 0 aromatic heterocycles. The first-order valence-corrected chi connectivity index (χ1v) is 10.8. The molecule has 2 rings (SSSR count). The Bertz CT molecular complexity index is 724. The summed E-state index contributed by atoms with van der Waals surface area (Å²) < 4.78 is 11.1. The number of carbonyl (C=O) groups is 2. The van der Waals surface area contributed by atoms with Gasteiger partial charge in [0, 0.05) is 38.6 Å². The van der Waals surface area contributed by atoms with Crippen LogP contribution in [0.15, 0.2) is 42.0 Å². The number of para-hydroxylation sites is 1. The first kappa shape index (κ1) is 24.8. The van der Waals surface area contributed by atoms with Gasteiger partial charge in [-0.2, -0.15) is 0 Å². The molecule has 8 nitrogen and oxygen atoms in total. The smallest absolute Gasteiger partial charge is 0.247 e. The second-order valence-corrected chi connectivity index (χ2v) is 7.51. The molecule has 0 spiro atoms. The van der Waals surface area contributed by atoms with Gasteiger partial charge in [-0.25, -0.2) is 0 Å². The molecule has 0 fully saturated rings. The predicted octanol–water partition coefficient (Wildman–Crippen LogP) is 1.27. The number of methoxy groups -OCH3 is 1. The number of hydrogen-bond acceptors (Lipinski definition) is 6. The van der Waals surface area contributed by atoms with Crippen LogP contribution in [0, 0.1) is 0 Å². The molecule has 0 saturated heterocycles. The van der Waals surface area contributed by atoms with E-state index < -0.39 is 18.2 Å². The lowest BCUT2D eigenvalue weighted by Gasteiger charge is -2.40. The van der Waals surface area contributed by atoms with Gasteiger partial charge in [-0.05, 0) is 24.6 Å². The van der Waals surface area contributed by atoms with E-state index in [1.54, 1.807) is 30.2 Å². The van der Waals surface area contributed by atoms with Gasteiger partial charge in [0.2, 0.25) is 11.8 Å². The third-order valence-electron chi connectivity index (χ3n) is 5.23. The summed E-state index contributed by atoms with van der Waals surface area (Å²) in [5, 5.41) is 22.8. The Kier molecular flexibility index (Phi) is 10.5. The molecule has 1 aliphatic rings. The van der Waals surface area contributed by atoms with Crippen LogP contribution in [0.1, 0.15) is 32.6 Å². The number of unbranched alkanes of at least 4 members (excludes halogenated alkanes) is 1. The van der Waals surface area contributed by atoms with Crippen LogP contribution in [0.5, 0.6) is 5.75 Å². The summed E-state index contributed by atoms with van der Waals surface area (Å²) in [5.74, 6) is 0.123. The fraction of sp³-hybridized carbons (Fsp3) is 0.565. The van der Waals surface area contributed by atoms with E-state index in [0.29, 0.717) is 30.9 Å². The molecule has 0 unspecified atom stereocenters.